The van der Waals surface area contributed by atoms with Crippen LogP contribution in [0.1, 0.15) is 31.2 Å². The summed E-state index contributed by atoms with van der Waals surface area (Å²) in [6, 6.07) is 10.9. The van der Waals surface area contributed by atoms with Crippen LogP contribution >= 0.6 is 0 Å². The molecule has 2 heterocycles. The number of primary amides is 1. The SMILES string of the molecule is N#Cc1ccc(-c2cncc(NC3=NC(N[C@@H]4CCCC[C@@H]4N)C(F)C=C3C(N)=O)c2)cc1. The van der Waals surface area contributed by atoms with Crippen molar-refractivity contribution in [1.29, 1.82) is 5.26 Å². The number of hydrogen-bond donors (Lipinski definition) is 4. The van der Waals surface area contributed by atoms with Crippen molar-refractivity contribution in [2.24, 2.45) is 16.5 Å². The zero-order chi connectivity index (χ0) is 23.4. The van der Waals surface area contributed by atoms with E-state index in [1.807, 2.05) is 18.2 Å². The molecular formula is C24H26FN7O. The number of benzene rings is 1. The molecule has 170 valence electrons. The average Bonchev–Trinajstić information content (AvgIpc) is 2.82. The lowest BCUT2D eigenvalue weighted by Gasteiger charge is -2.34. The van der Waals surface area contributed by atoms with E-state index in [0.717, 1.165) is 36.8 Å². The van der Waals surface area contributed by atoms with Crippen LogP contribution in [0, 0.1) is 11.3 Å². The summed E-state index contributed by atoms with van der Waals surface area (Å²) in [6.45, 7) is 0. The molecule has 2 aliphatic rings. The fourth-order valence-electron chi connectivity index (χ4n) is 4.16. The number of alkyl halides is 1. The molecule has 6 N–H and O–H groups in total. The van der Waals surface area contributed by atoms with Crippen LogP contribution in [0.5, 0.6) is 0 Å². The number of amides is 1. The molecule has 1 aliphatic heterocycles. The van der Waals surface area contributed by atoms with Gasteiger partial charge in [-0.15, -0.1) is 0 Å². The van der Waals surface area contributed by atoms with Gasteiger partial charge in [0.1, 0.15) is 12.0 Å². The molecule has 2 unspecified atom stereocenters. The molecule has 0 radical (unpaired) electrons. The zero-order valence-electron chi connectivity index (χ0n) is 18.0. The Bertz CT molecular complexity index is 1120. The van der Waals surface area contributed by atoms with Gasteiger partial charge in [-0.2, -0.15) is 5.26 Å². The summed E-state index contributed by atoms with van der Waals surface area (Å²) in [7, 11) is 0. The second-order valence-electron chi connectivity index (χ2n) is 8.31. The highest BCUT2D eigenvalue weighted by Crippen LogP contribution is 2.25. The molecule has 1 saturated carbocycles. The van der Waals surface area contributed by atoms with Gasteiger partial charge in [0, 0.05) is 23.8 Å². The summed E-state index contributed by atoms with van der Waals surface area (Å²) in [6.07, 6.45) is 5.91. The van der Waals surface area contributed by atoms with Gasteiger partial charge in [-0.1, -0.05) is 25.0 Å². The van der Waals surface area contributed by atoms with Crippen molar-refractivity contribution in [3.8, 4) is 17.2 Å². The van der Waals surface area contributed by atoms with Gasteiger partial charge in [-0.3, -0.25) is 15.1 Å². The number of nitrogens with two attached hydrogens (primary N) is 2. The number of amidine groups is 1. The number of nitrogens with one attached hydrogen (secondary N) is 2. The predicted octanol–water partition coefficient (Wildman–Crippen LogP) is 2.38. The molecule has 1 amide bonds. The van der Waals surface area contributed by atoms with Gasteiger partial charge in [0.05, 0.1) is 29.1 Å². The van der Waals surface area contributed by atoms with Crippen LogP contribution in [-0.4, -0.2) is 41.1 Å². The van der Waals surface area contributed by atoms with E-state index in [-0.39, 0.29) is 23.5 Å². The fraction of sp³-hybridized carbons (Fsp3) is 0.333. The first-order valence-electron chi connectivity index (χ1n) is 10.9. The maximum atomic E-state index is 14.8. The standard InChI is InChI=1S/C24H26FN7O/c25-19-10-18(22(28)33)23(32-24(19)31-21-4-2-1-3-20(21)27)30-17-9-16(12-29-13-17)15-7-5-14(11-26)6-8-15/h5-10,12-13,19-21,24,31H,1-4,27H2,(H2,28,33)(H,30,32)/t19?,20-,21+,24?/m0/s1. The smallest absolute Gasteiger partial charge is 0.252 e. The van der Waals surface area contributed by atoms with Crippen molar-refractivity contribution in [3.05, 3.63) is 59.9 Å². The molecule has 8 nitrogen and oxygen atoms in total. The van der Waals surface area contributed by atoms with Crippen LogP contribution in [0.25, 0.3) is 11.1 Å². The minimum atomic E-state index is -1.50. The van der Waals surface area contributed by atoms with Gasteiger partial charge in [-0.05, 0) is 42.7 Å². The van der Waals surface area contributed by atoms with Crippen molar-refractivity contribution in [2.75, 3.05) is 5.32 Å². The molecule has 1 aromatic carbocycles. The molecule has 4 atom stereocenters. The molecule has 2 aromatic rings. The van der Waals surface area contributed by atoms with E-state index in [1.54, 1.807) is 24.5 Å². The number of nitrogens with zero attached hydrogens (tertiary/aromatic N) is 3. The van der Waals surface area contributed by atoms with Gasteiger partial charge in [0.25, 0.3) is 5.91 Å². The summed E-state index contributed by atoms with van der Waals surface area (Å²) in [5, 5.41) is 15.3. The minimum Gasteiger partial charge on any atom is -0.365 e. The molecule has 0 saturated heterocycles. The van der Waals surface area contributed by atoms with E-state index in [1.165, 1.54) is 6.08 Å². The monoisotopic (exact) mass is 447 g/mol. The van der Waals surface area contributed by atoms with Gasteiger partial charge in [-0.25, -0.2) is 9.38 Å². The van der Waals surface area contributed by atoms with Crippen molar-refractivity contribution in [3.63, 3.8) is 0 Å². The third-order valence-corrected chi connectivity index (χ3v) is 5.97. The number of dihydropyridines is 1. The number of hydrogen-bond acceptors (Lipinski definition) is 7. The van der Waals surface area contributed by atoms with E-state index >= 15 is 0 Å². The molecule has 0 spiro atoms. The van der Waals surface area contributed by atoms with E-state index in [0.29, 0.717) is 11.3 Å². The fourth-order valence-corrected chi connectivity index (χ4v) is 4.16. The summed E-state index contributed by atoms with van der Waals surface area (Å²) in [4.78, 5) is 20.7. The second kappa shape index (κ2) is 9.90. The molecule has 4 rings (SSSR count). The average molecular weight is 448 g/mol. The largest absolute Gasteiger partial charge is 0.365 e. The van der Waals surface area contributed by atoms with Gasteiger partial charge in [0.2, 0.25) is 0 Å². The number of rotatable bonds is 5. The third-order valence-electron chi connectivity index (χ3n) is 5.97. The van der Waals surface area contributed by atoms with Crippen LogP contribution in [-0.2, 0) is 4.79 Å². The molecule has 1 aromatic heterocycles. The number of carbonyl (C=O) groups is 1. The van der Waals surface area contributed by atoms with Gasteiger partial charge < -0.3 is 16.8 Å². The first-order chi connectivity index (χ1) is 15.9. The van der Waals surface area contributed by atoms with Gasteiger partial charge in [0.15, 0.2) is 6.17 Å². The minimum absolute atomic E-state index is 0.0164. The van der Waals surface area contributed by atoms with Crippen LogP contribution in [0.4, 0.5) is 10.1 Å². The summed E-state index contributed by atoms with van der Waals surface area (Å²) >= 11 is 0. The normalized spacial score (nSPS) is 24.9. The third kappa shape index (κ3) is 5.25. The summed E-state index contributed by atoms with van der Waals surface area (Å²) in [5.74, 6) is -0.593. The Morgan fingerprint density at radius 1 is 1.15 bits per heavy atom. The highest BCUT2D eigenvalue weighted by molar-refractivity contribution is 6.25. The number of nitriles is 1. The lowest BCUT2D eigenvalue weighted by Crippen LogP contribution is -2.54. The maximum Gasteiger partial charge on any atom is 0.252 e. The molecule has 33 heavy (non-hydrogen) atoms. The van der Waals surface area contributed by atoms with E-state index in [9.17, 15) is 9.18 Å². The molecule has 0 bridgehead atoms. The Balaban J connectivity index is 1.57. The number of halogens is 1. The summed E-state index contributed by atoms with van der Waals surface area (Å²) < 4.78 is 14.8. The van der Waals surface area contributed by atoms with E-state index < -0.39 is 18.2 Å². The van der Waals surface area contributed by atoms with Crippen LogP contribution in [0.2, 0.25) is 0 Å². The van der Waals surface area contributed by atoms with Crippen LogP contribution in [0.15, 0.2) is 59.4 Å². The zero-order valence-corrected chi connectivity index (χ0v) is 18.0. The van der Waals surface area contributed by atoms with Crippen molar-refractivity contribution >= 4 is 17.4 Å². The molecule has 1 aliphatic carbocycles. The predicted molar refractivity (Wildman–Crippen MR) is 125 cm³/mol. The van der Waals surface area contributed by atoms with Gasteiger partial charge >= 0.3 is 0 Å². The summed E-state index contributed by atoms with van der Waals surface area (Å²) in [5.41, 5.74) is 14.5. The number of carbonyl (C=O) groups excluding carboxylic acids is 1. The molecular weight excluding hydrogens is 421 g/mol. The Hall–Kier alpha value is -3.61. The van der Waals surface area contributed by atoms with Crippen LogP contribution < -0.4 is 22.1 Å². The quantitative estimate of drug-likeness (QED) is 0.554. The highest BCUT2D eigenvalue weighted by Gasteiger charge is 2.32. The Kier molecular flexibility index (Phi) is 6.77. The van der Waals surface area contributed by atoms with E-state index in [2.05, 4.69) is 26.7 Å². The first-order valence-corrected chi connectivity index (χ1v) is 10.9. The number of anilines is 1. The lowest BCUT2D eigenvalue weighted by molar-refractivity contribution is -0.114. The van der Waals surface area contributed by atoms with Crippen molar-refractivity contribution in [1.82, 2.24) is 10.3 Å². The van der Waals surface area contributed by atoms with Crippen molar-refractivity contribution in [2.45, 2.75) is 50.1 Å². The Labute approximate surface area is 191 Å². The Morgan fingerprint density at radius 3 is 2.61 bits per heavy atom. The number of aliphatic imine (C=N–C) groups is 1. The molecule has 9 heteroatoms. The lowest BCUT2D eigenvalue weighted by atomic mass is 9.90. The van der Waals surface area contributed by atoms with Crippen LogP contribution in [0.3, 0.4) is 0 Å². The first kappa shape index (κ1) is 22.6. The number of aromatic nitrogens is 1. The van der Waals surface area contributed by atoms with Crippen molar-refractivity contribution < 1.29 is 9.18 Å². The topological polar surface area (TPSA) is 142 Å². The highest BCUT2D eigenvalue weighted by atomic mass is 19.1. The number of pyridine rings is 1. The Morgan fingerprint density at radius 2 is 1.91 bits per heavy atom. The second-order valence-corrected chi connectivity index (χ2v) is 8.31. The van der Waals surface area contributed by atoms with E-state index in [4.69, 9.17) is 16.7 Å². The maximum absolute atomic E-state index is 14.8. The molecule has 1 fully saturated rings.